The van der Waals surface area contributed by atoms with Crippen LogP contribution in [0.5, 0.6) is 0 Å². The quantitative estimate of drug-likeness (QED) is 0.739. The number of nitrogens with zero attached hydrogens (tertiary/aromatic N) is 2. The molecule has 0 spiro atoms. The predicted molar refractivity (Wildman–Crippen MR) is 64.2 cm³/mol. The number of hydrogen-bond donors (Lipinski definition) is 2. The highest BCUT2D eigenvalue weighted by Gasteiger charge is 2.32. The van der Waals surface area contributed by atoms with Gasteiger partial charge in [-0.3, -0.25) is 19.8 Å². The van der Waals surface area contributed by atoms with Crippen LogP contribution in [0.2, 0.25) is 0 Å². The maximum Gasteiger partial charge on any atom is 0.243 e. The molecule has 6 nitrogen and oxygen atoms in total. The van der Waals surface area contributed by atoms with E-state index < -0.39 is 0 Å². The third-order valence-corrected chi connectivity index (χ3v) is 3.40. The van der Waals surface area contributed by atoms with E-state index in [0.29, 0.717) is 18.1 Å². The van der Waals surface area contributed by atoms with E-state index in [1.165, 1.54) is 11.3 Å². The van der Waals surface area contributed by atoms with Crippen molar-refractivity contribution in [1.29, 1.82) is 0 Å². The van der Waals surface area contributed by atoms with Gasteiger partial charge in [-0.2, -0.15) is 0 Å². The van der Waals surface area contributed by atoms with Gasteiger partial charge in [0.05, 0.1) is 18.3 Å². The first-order valence-electron chi connectivity index (χ1n) is 5.37. The molecule has 1 aliphatic rings. The lowest BCUT2D eigenvalue weighted by atomic mass is 10.1. The van der Waals surface area contributed by atoms with E-state index in [2.05, 4.69) is 10.3 Å². The number of imide groups is 1. The molecule has 1 aromatic heterocycles. The van der Waals surface area contributed by atoms with E-state index in [4.69, 9.17) is 5.73 Å². The van der Waals surface area contributed by atoms with Crippen LogP contribution in [0.3, 0.4) is 0 Å². The maximum absolute atomic E-state index is 11.6. The standard InChI is InChI=1S/C10H14N4O2S/c1-2-7-9(16)13-8(15)4-14(7)3-6-5-17-10(11)12-6/h5,7H,2-4H2,1H3,(H2,11,12)(H,13,15,16). The molecule has 1 unspecified atom stereocenters. The average molecular weight is 254 g/mol. The van der Waals surface area contributed by atoms with Gasteiger partial charge in [0.25, 0.3) is 0 Å². The fourth-order valence-corrected chi connectivity index (χ4v) is 2.49. The number of anilines is 1. The van der Waals surface area contributed by atoms with Crippen molar-refractivity contribution in [2.24, 2.45) is 0 Å². The van der Waals surface area contributed by atoms with Crippen LogP contribution < -0.4 is 11.1 Å². The molecule has 0 aromatic carbocycles. The molecule has 2 amide bonds. The minimum Gasteiger partial charge on any atom is -0.375 e. The van der Waals surface area contributed by atoms with Crippen LogP contribution in [-0.4, -0.2) is 34.3 Å². The van der Waals surface area contributed by atoms with Gasteiger partial charge in [-0.05, 0) is 6.42 Å². The number of thiazole rings is 1. The minimum absolute atomic E-state index is 0.224. The zero-order valence-corrected chi connectivity index (χ0v) is 10.3. The minimum atomic E-state index is -0.268. The van der Waals surface area contributed by atoms with E-state index in [0.717, 1.165) is 5.69 Å². The van der Waals surface area contributed by atoms with Crippen LogP contribution in [0.15, 0.2) is 5.38 Å². The number of nitrogen functional groups attached to an aromatic ring is 1. The first-order valence-corrected chi connectivity index (χ1v) is 6.25. The summed E-state index contributed by atoms with van der Waals surface area (Å²) in [4.78, 5) is 28.9. The lowest BCUT2D eigenvalue weighted by Crippen LogP contribution is -2.57. The number of carbonyl (C=O) groups is 2. The molecule has 1 atom stereocenters. The summed E-state index contributed by atoms with van der Waals surface area (Å²) in [5.41, 5.74) is 6.35. The zero-order valence-electron chi connectivity index (χ0n) is 9.47. The van der Waals surface area contributed by atoms with Gasteiger partial charge in [-0.25, -0.2) is 4.98 Å². The van der Waals surface area contributed by atoms with Crippen molar-refractivity contribution in [3.05, 3.63) is 11.1 Å². The van der Waals surface area contributed by atoms with Gasteiger partial charge in [0.1, 0.15) is 0 Å². The van der Waals surface area contributed by atoms with Crippen molar-refractivity contribution in [2.45, 2.75) is 25.9 Å². The molecule has 92 valence electrons. The largest absolute Gasteiger partial charge is 0.375 e. The summed E-state index contributed by atoms with van der Waals surface area (Å²) < 4.78 is 0. The lowest BCUT2D eigenvalue weighted by Gasteiger charge is -2.32. The molecule has 1 aromatic rings. The lowest BCUT2D eigenvalue weighted by molar-refractivity contribution is -0.140. The van der Waals surface area contributed by atoms with Gasteiger partial charge in [0.15, 0.2) is 5.13 Å². The van der Waals surface area contributed by atoms with Crippen LogP contribution in [0.25, 0.3) is 0 Å². The summed E-state index contributed by atoms with van der Waals surface area (Å²) in [5, 5.41) is 4.69. The number of nitrogens with two attached hydrogens (primary N) is 1. The Balaban J connectivity index is 2.11. The fraction of sp³-hybridized carbons (Fsp3) is 0.500. The summed E-state index contributed by atoms with van der Waals surface area (Å²) in [6.07, 6.45) is 0.665. The van der Waals surface area contributed by atoms with Crippen LogP contribution in [0, 0.1) is 0 Å². The molecule has 0 aliphatic carbocycles. The number of rotatable bonds is 3. The van der Waals surface area contributed by atoms with Gasteiger partial charge in [0.2, 0.25) is 11.8 Å². The van der Waals surface area contributed by atoms with Crippen molar-refractivity contribution >= 4 is 28.3 Å². The molecular weight excluding hydrogens is 240 g/mol. The van der Waals surface area contributed by atoms with Crippen LogP contribution in [0.1, 0.15) is 19.0 Å². The van der Waals surface area contributed by atoms with E-state index in [1.54, 1.807) is 0 Å². The third kappa shape index (κ3) is 2.62. The van der Waals surface area contributed by atoms with E-state index in [1.807, 2.05) is 17.2 Å². The number of carbonyl (C=O) groups excluding carboxylic acids is 2. The summed E-state index contributed by atoms with van der Waals surface area (Å²) in [6.45, 7) is 2.62. The van der Waals surface area contributed by atoms with Crippen LogP contribution in [0.4, 0.5) is 5.13 Å². The highest BCUT2D eigenvalue weighted by molar-refractivity contribution is 7.13. The maximum atomic E-state index is 11.6. The summed E-state index contributed by atoms with van der Waals surface area (Å²) >= 11 is 1.36. The van der Waals surface area contributed by atoms with Gasteiger partial charge in [-0.15, -0.1) is 11.3 Å². The van der Waals surface area contributed by atoms with Gasteiger partial charge < -0.3 is 5.73 Å². The number of aromatic nitrogens is 1. The topological polar surface area (TPSA) is 88.3 Å². The highest BCUT2D eigenvalue weighted by atomic mass is 32.1. The Labute approximate surface area is 103 Å². The first-order chi connectivity index (χ1) is 8.10. The number of amides is 2. The van der Waals surface area contributed by atoms with Crippen LogP contribution in [-0.2, 0) is 16.1 Å². The molecule has 1 saturated heterocycles. The number of hydrogen-bond acceptors (Lipinski definition) is 6. The van der Waals surface area contributed by atoms with Crippen molar-refractivity contribution in [2.75, 3.05) is 12.3 Å². The zero-order chi connectivity index (χ0) is 12.4. The molecule has 1 aliphatic heterocycles. The molecule has 7 heteroatoms. The Kier molecular flexibility index (Phi) is 3.39. The highest BCUT2D eigenvalue weighted by Crippen LogP contribution is 2.17. The van der Waals surface area contributed by atoms with E-state index >= 15 is 0 Å². The summed E-state index contributed by atoms with van der Waals surface area (Å²) in [5.74, 6) is -0.491. The monoisotopic (exact) mass is 254 g/mol. The Morgan fingerprint density at radius 2 is 2.41 bits per heavy atom. The fourth-order valence-electron chi connectivity index (χ4n) is 1.93. The average Bonchev–Trinajstić information content (AvgIpc) is 2.63. The molecular formula is C10H14N4O2S. The summed E-state index contributed by atoms with van der Waals surface area (Å²) in [7, 11) is 0. The molecule has 3 N–H and O–H groups in total. The van der Waals surface area contributed by atoms with Crippen molar-refractivity contribution in [3.8, 4) is 0 Å². The molecule has 0 bridgehead atoms. The van der Waals surface area contributed by atoms with Gasteiger partial charge >= 0.3 is 0 Å². The predicted octanol–water partition coefficient (Wildman–Crippen LogP) is -0.0377. The van der Waals surface area contributed by atoms with Gasteiger partial charge in [0, 0.05) is 11.9 Å². The van der Waals surface area contributed by atoms with E-state index in [-0.39, 0.29) is 24.4 Å². The smallest absolute Gasteiger partial charge is 0.243 e. The molecule has 0 saturated carbocycles. The van der Waals surface area contributed by atoms with Crippen LogP contribution >= 0.6 is 11.3 Å². The third-order valence-electron chi connectivity index (χ3n) is 2.67. The Bertz CT molecular complexity index is 445. The number of piperazine rings is 1. The second kappa shape index (κ2) is 4.80. The molecule has 1 fully saturated rings. The van der Waals surface area contributed by atoms with Gasteiger partial charge in [-0.1, -0.05) is 6.92 Å². The molecule has 2 heterocycles. The van der Waals surface area contributed by atoms with Crippen molar-refractivity contribution in [1.82, 2.24) is 15.2 Å². The normalized spacial score (nSPS) is 21.6. The Hall–Kier alpha value is -1.47. The van der Waals surface area contributed by atoms with Crippen molar-refractivity contribution < 1.29 is 9.59 Å². The Morgan fingerprint density at radius 1 is 1.65 bits per heavy atom. The molecule has 17 heavy (non-hydrogen) atoms. The Morgan fingerprint density at radius 3 is 3.00 bits per heavy atom. The number of nitrogens with one attached hydrogen (secondary N) is 1. The SMILES string of the molecule is CCC1C(=O)NC(=O)CN1Cc1csc(N)n1. The second-order valence-corrected chi connectivity index (χ2v) is 4.81. The van der Waals surface area contributed by atoms with Crippen molar-refractivity contribution in [3.63, 3.8) is 0 Å². The molecule has 2 rings (SSSR count). The molecule has 0 radical (unpaired) electrons. The van der Waals surface area contributed by atoms with E-state index in [9.17, 15) is 9.59 Å². The second-order valence-electron chi connectivity index (χ2n) is 3.92. The summed E-state index contributed by atoms with van der Waals surface area (Å²) in [6, 6.07) is -0.268. The first kappa shape index (κ1) is 12.0.